The molecule has 0 aliphatic carbocycles. The number of alkyl halides is 3. The smallest absolute Gasteiger partial charge is 0.406 e. The van der Waals surface area contributed by atoms with Crippen LogP contribution in [0, 0.1) is 0 Å². The summed E-state index contributed by atoms with van der Waals surface area (Å²) in [5.74, 6) is -0.219. The first-order valence-electron chi connectivity index (χ1n) is 5.66. The molecule has 1 N–H and O–H groups in total. The lowest BCUT2D eigenvalue weighted by Crippen LogP contribution is -2.38. The van der Waals surface area contributed by atoms with E-state index >= 15 is 0 Å². The van der Waals surface area contributed by atoms with Crippen molar-refractivity contribution in [1.82, 2.24) is 5.32 Å². The average Bonchev–Trinajstić information content (AvgIpc) is 2.28. The molecule has 0 spiro atoms. The third-order valence-corrected chi connectivity index (χ3v) is 2.64. The Bertz CT molecular complexity index is 391. The largest absolute Gasteiger partial charge is 0.573 e. The number of ether oxygens (including phenoxy) is 2. The Morgan fingerprint density at radius 3 is 2.44 bits per heavy atom. The van der Waals surface area contributed by atoms with Crippen LogP contribution in [0.5, 0.6) is 5.75 Å². The van der Waals surface area contributed by atoms with Gasteiger partial charge >= 0.3 is 6.36 Å². The Morgan fingerprint density at radius 2 is 1.89 bits per heavy atom. The van der Waals surface area contributed by atoms with E-state index in [0.717, 1.165) is 12.1 Å². The normalized spacial score (nSPS) is 24.9. The van der Waals surface area contributed by atoms with Crippen LogP contribution >= 0.6 is 0 Å². The van der Waals surface area contributed by atoms with Crippen LogP contribution in [-0.4, -0.2) is 25.6 Å². The van der Waals surface area contributed by atoms with Gasteiger partial charge in [-0.1, -0.05) is 12.1 Å². The Balaban J connectivity index is 2.03. The first kappa shape index (κ1) is 13.2. The van der Waals surface area contributed by atoms with E-state index in [-0.39, 0.29) is 18.0 Å². The van der Waals surface area contributed by atoms with Gasteiger partial charge in [-0.2, -0.15) is 0 Å². The number of rotatable bonds is 2. The molecule has 1 heterocycles. The van der Waals surface area contributed by atoms with Crippen LogP contribution in [0.15, 0.2) is 24.3 Å². The zero-order chi connectivity index (χ0) is 13.2. The molecule has 3 nitrogen and oxygen atoms in total. The summed E-state index contributed by atoms with van der Waals surface area (Å²) in [7, 11) is 0. The van der Waals surface area contributed by atoms with Crippen molar-refractivity contribution in [2.45, 2.75) is 25.5 Å². The van der Waals surface area contributed by atoms with Crippen molar-refractivity contribution in [3.63, 3.8) is 0 Å². The molecule has 1 aromatic rings. The van der Waals surface area contributed by atoms with E-state index in [9.17, 15) is 13.2 Å². The molecule has 1 saturated heterocycles. The van der Waals surface area contributed by atoms with Crippen LogP contribution in [0.2, 0.25) is 0 Å². The van der Waals surface area contributed by atoms with E-state index < -0.39 is 6.36 Å². The summed E-state index contributed by atoms with van der Waals surface area (Å²) in [5, 5.41) is 3.20. The first-order chi connectivity index (χ1) is 8.44. The molecule has 1 aromatic carbocycles. The summed E-state index contributed by atoms with van der Waals surface area (Å²) in [6, 6.07) is 5.77. The van der Waals surface area contributed by atoms with Gasteiger partial charge in [-0.05, 0) is 24.6 Å². The minimum atomic E-state index is -4.65. The maximum absolute atomic E-state index is 12.0. The van der Waals surface area contributed by atoms with Crippen molar-refractivity contribution in [3.8, 4) is 5.75 Å². The molecule has 0 amide bonds. The van der Waals surface area contributed by atoms with E-state index in [1.807, 2.05) is 6.92 Å². The molecule has 1 aliphatic heterocycles. The summed E-state index contributed by atoms with van der Waals surface area (Å²) in [6.45, 7) is 3.38. The second-order valence-corrected chi connectivity index (χ2v) is 4.21. The summed E-state index contributed by atoms with van der Waals surface area (Å²) < 4.78 is 45.5. The average molecular weight is 261 g/mol. The first-order valence-corrected chi connectivity index (χ1v) is 5.66. The van der Waals surface area contributed by atoms with E-state index in [4.69, 9.17) is 4.74 Å². The molecule has 2 atom stereocenters. The number of hydrogen-bond donors (Lipinski definition) is 1. The van der Waals surface area contributed by atoms with Crippen molar-refractivity contribution in [3.05, 3.63) is 29.8 Å². The van der Waals surface area contributed by atoms with Crippen LogP contribution in [0.3, 0.4) is 0 Å². The molecular weight excluding hydrogens is 247 g/mol. The van der Waals surface area contributed by atoms with Crippen LogP contribution in [0.25, 0.3) is 0 Å². The molecule has 1 aliphatic rings. The van der Waals surface area contributed by atoms with Gasteiger partial charge in [0, 0.05) is 13.1 Å². The predicted octanol–water partition coefficient (Wildman–Crippen LogP) is 2.63. The third kappa shape index (κ3) is 3.61. The standard InChI is InChI=1S/C12H14F3NO2/c1-8-6-16-7-11(17-8)9-2-4-10(5-3-9)18-12(13,14)15/h2-5,8,11,16H,6-7H2,1H3. The van der Waals surface area contributed by atoms with E-state index in [1.54, 1.807) is 12.1 Å². The molecule has 1 fully saturated rings. The fourth-order valence-corrected chi connectivity index (χ4v) is 1.87. The third-order valence-electron chi connectivity index (χ3n) is 2.64. The van der Waals surface area contributed by atoms with Gasteiger partial charge in [0.05, 0.1) is 12.2 Å². The predicted molar refractivity (Wildman–Crippen MR) is 59.3 cm³/mol. The quantitative estimate of drug-likeness (QED) is 0.887. The second kappa shape index (κ2) is 5.16. The van der Waals surface area contributed by atoms with Gasteiger partial charge < -0.3 is 14.8 Å². The molecule has 2 rings (SSSR count). The number of morpholine rings is 1. The lowest BCUT2D eigenvalue weighted by atomic mass is 10.1. The molecule has 0 aromatic heterocycles. The molecular formula is C12H14F3NO2. The number of halogens is 3. The molecule has 6 heteroatoms. The molecule has 0 radical (unpaired) electrons. The zero-order valence-corrected chi connectivity index (χ0v) is 9.83. The Kier molecular flexibility index (Phi) is 3.77. The number of hydrogen-bond acceptors (Lipinski definition) is 3. The molecule has 0 saturated carbocycles. The maximum Gasteiger partial charge on any atom is 0.573 e. The van der Waals surface area contributed by atoms with Crippen LogP contribution < -0.4 is 10.1 Å². The maximum atomic E-state index is 12.0. The van der Waals surface area contributed by atoms with Gasteiger partial charge in [-0.25, -0.2) is 0 Å². The van der Waals surface area contributed by atoms with Crippen LogP contribution in [0.4, 0.5) is 13.2 Å². The second-order valence-electron chi connectivity index (χ2n) is 4.21. The van der Waals surface area contributed by atoms with Gasteiger partial charge in [0.1, 0.15) is 5.75 Å². The zero-order valence-electron chi connectivity index (χ0n) is 9.83. The monoisotopic (exact) mass is 261 g/mol. The van der Waals surface area contributed by atoms with E-state index in [1.165, 1.54) is 12.1 Å². The highest BCUT2D eigenvalue weighted by molar-refractivity contribution is 5.29. The SMILES string of the molecule is CC1CNCC(c2ccc(OC(F)(F)F)cc2)O1. The summed E-state index contributed by atoms with van der Waals surface area (Å²) in [4.78, 5) is 0. The highest BCUT2D eigenvalue weighted by Gasteiger charge is 2.31. The van der Waals surface area contributed by atoms with Gasteiger partial charge in [-0.15, -0.1) is 13.2 Å². The molecule has 2 unspecified atom stereocenters. The molecule has 0 bridgehead atoms. The van der Waals surface area contributed by atoms with Gasteiger partial charge in [0.2, 0.25) is 0 Å². The minimum absolute atomic E-state index is 0.0925. The van der Waals surface area contributed by atoms with Crippen molar-refractivity contribution < 1.29 is 22.6 Å². The van der Waals surface area contributed by atoms with Crippen molar-refractivity contribution in [1.29, 1.82) is 0 Å². The van der Waals surface area contributed by atoms with Gasteiger partial charge in [-0.3, -0.25) is 0 Å². The summed E-state index contributed by atoms with van der Waals surface area (Å²) in [5.41, 5.74) is 0.837. The molecule has 100 valence electrons. The van der Waals surface area contributed by atoms with Crippen molar-refractivity contribution in [2.24, 2.45) is 0 Å². The lowest BCUT2D eigenvalue weighted by molar-refractivity contribution is -0.274. The van der Waals surface area contributed by atoms with Gasteiger partial charge in [0.25, 0.3) is 0 Å². The fourth-order valence-electron chi connectivity index (χ4n) is 1.87. The fraction of sp³-hybridized carbons (Fsp3) is 0.500. The summed E-state index contributed by atoms with van der Waals surface area (Å²) in [6.07, 6.45) is -4.69. The highest BCUT2D eigenvalue weighted by atomic mass is 19.4. The lowest BCUT2D eigenvalue weighted by Gasteiger charge is -2.29. The number of nitrogens with one attached hydrogen (secondary N) is 1. The van der Waals surface area contributed by atoms with E-state index in [0.29, 0.717) is 6.54 Å². The minimum Gasteiger partial charge on any atom is -0.406 e. The Labute approximate surface area is 103 Å². The van der Waals surface area contributed by atoms with Crippen LogP contribution in [0.1, 0.15) is 18.6 Å². The Morgan fingerprint density at radius 1 is 1.22 bits per heavy atom. The summed E-state index contributed by atoms with van der Waals surface area (Å²) >= 11 is 0. The van der Waals surface area contributed by atoms with Crippen LogP contribution in [-0.2, 0) is 4.74 Å². The van der Waals surface area contributed by atoms with Crippen molar-refractivity contribution in [2.75, 3.05) is 13.1 Å². The van der Waals surface area contributed by atoms with E-state index in [2.05, 4.69) is 10.1 Å². The topological polar surface area (TPSA) is 30.5 Å². The Hall–Kier alpha value is -1.27. The van der Waals surface area contributed by atoms with Crippen molar-refractivity contribution >= 4 is 0 Å². The molecule has 18 heavy (non-hydrogen) atoms. The number of benzene rings is 1. The highest BCUT2D eigenvalue weighted by Crippen LogP contribution is 2.26. The van der Waals surface area contributed by atoms with Gasteiger partial charge in [0.15, 0.2) is 0 Å².